The van der Waals surface area contributed by atoms with Crippen LogP contribution in [0.3, 0.4) is 0 Å². The van der Waals surface area contributed by atoms with Crippen LogP contribution < -0.4 is 5.32 Å². The minimum Gasteiger partial charge on any atom is -0.466 e. The van der Waals surface area contributed by atoms with Gasteiger partial charge in [-0.25, -0.2) is 0 Å². The Hall–Kier alpha value is -3.34. The average molecular weight is 403 g/mol. The van der Waals surface area contributed by atoms with Gasteiger partial charge in [-0.2, -0.15) is 18.4 Å². The number of anilines is 1. The lowest BCUT2D eigenvalue weighted by Crippen LogP contribution is -2.28. The first-order valence-corrected chi connectivity index (χ1v) is 8.75. The van der Waals surface area contributed by atoms with Gasteiger partial charge in [0.15, 0.2) is 5.41 Å². The molecule has 5 nitrogen and oxygen atoms in total. The highest BCUT2D eigenvalue weighted by molar-refractivity contribution is 6.06. The zero-order valence-electron chi connectivity index (χ0n) is 16.3. The number of esters is 1. The van der Waals surface area contributed by atoms with E-state index in [2.05, 4.69) is 5.32 Å². The Kier molecular flexibility index (Phi) is 4.97. The molecule has 2 aromatic carbocycles. The molecular weight excluding hydrogens is 385 g/mol. The molecule has 0 saturated heterocycles. The number of carbonyl (C=O) groups is 2. The molecule has 0 spiro atoms. The molecule has 0 aromatic heterocycles. The van der Waals surface area contributed by atoms with Crippen LogP contribution in [0.15, 0.2) is 54.6 Å². The smallest absolute Gasteiger partial charge is 0.416 e. The highest BCUT2D eigenvalue weighted by Crippen LogP contribution is 2.65. The van der Waals surface area contributed by atoms with E-state index in [1.54, 1.807) is 36.4 Å². The summed E-state index contributed by atoms with van der Waals surface area (Å²) >= 11 is 0. The Labute approximate surface area is 166 Å². The first kappa shape index (κ1) is 19.0. The Bertz CT molecular complexity index is 1000. The lowest BCUT2D eigenvalue weighted by molar-refractivity contribution is -0.146. The maximum absolute atomic E-state index is 13.0. The number of nitriles is 1. The molecule has 3 atom stereocenters. The minimum atomic E-state index is -4.54. The minimum absolute atomic E-state index is 0.00699. The van der Waals surface area contributed by atoms with Crippen molar-refractivity contribution < 1.29 is 28.9 Å². The predicted octanol–water partition coefficient (Wildman–Crippen LogP) is 4.13. The molecule has 150 valence electrons. The van der Waals surface area contributed by atoms with Crippen LogP contribution in [-0.4, -0.2) is 18.5 Å². The van der Waals surface area contributed by atoms with Crippen LogP contribution in [0.25, 0.3) is 0 Å². The van der Waals surface area contributed by atoms with Gasteiger partial charge >= 0.3 is 12.1 Å². The molecule has 3 rings (SSSR count). The van der Waals surface area contributed by atoms with Gasteiger partial charge in [-0.15, -0.1) is 0 Å². The van der Waals surface area contributed by atoms with Gasteiger partial charge in [0, 0.05) is 13.0 Å². The molecule has 0 unspecified atom stereocenters. The maximum Gasteiger partial charge on any atom is 0.416 e. The summed E-state index contributed by atoms with van der Waals surface area (Å²) in [6, 6.07) is 13.7. The normalized spacial score (nSPS) is 26.0. The first-order chi connectivity index (χ1) is 14.1. The van der Waals surface area contributed by atoms with E-state index in [1.807, 2.05) is 0 Å². The zero-order valence-corrected chi connectivity index (χ0v) is 15.3. The Morgan fingerprint density at radius 1 is 1.21 bits per heavy atom. The van der Waals surface area contributed by atoms with Crippen LogP contribution in [0.5, 0.6) is 0 Å². The van der Waals surface area contributed by atoms with Crippen molar-refractivity contribution in [2.24, 2.45) is 11.3 Å². The molecule has 0 heterocycles. The number of nitrogens with one attached hydrogen (secondary N) is 1. The van der Waals surface area contributed by atoms with Gasteiger partial charge < -0.3 is 10.1 Å². The number of carbonyl (C=O) groups excluding carboxylic acids is 2. The zero-order chi connectivity index (χ0) is 22.2. The third-order valence-electron chi connectivity index (χ3n) is 4.70. The van der Waals surface area contributed by atoms with Crippen molar-refractivity contribution in [2.75, 3.05) is 11.9 Å². The third kappa shape index (κ3) is 3.68. The second kappa shape index (κ2) is 7.59. The Balaban J connectivity index is 1.96. The van der Waals surface area contributed by atoms with Crippen LogP contribution in [-0.2, 0) is 20.5 Å². The molecule has 29 heavy (non-hydrogen) atoms. The average Bonchev–Trinajstić information content (AvgIpc) is 3.30. The van der Waals surface area contributed by atoms with E-state index in [0.29, 0.717) is 5.56 Å². The van der Waals surface area contributed by atoms with Gasteiger partial charge in [0.25, 0.3) is 0 Å². The number of hydrogen-bond donors (Lipinski definition) is 1. The van der Waals surface area contributed by atoms with Crippen LogP contribution >= 0.6 is 0 Å². The molecule has 0 radical (unpaired) electrons. The fourth-order valence-corrected chi connectivity index (χ4v) is 3.28. The van der Waals surface area contributed by atoms with E-state index >= 15 is 0 Å². The summed E-state index contributed by atoms with van der Waals surface area (Å²) in [5.41, 5.74) is -2.55. The van der Waals surface area contributed by atoms with Crippen molar-refractivity contribution >= 4 is 17.6 Å². The van der Waals surface area contributed by atoms with Gasteiger partial charge in [0.05, 0.1) is 24.1 Å². The quantitative estimate of drug-likeness (QED) is 0.762. The van der Waals surface area contributed by atoms with E-state index in [-0.39, 0.29) is 12.3 Å². The molecule has 1 amide bonds. The molecule has 0 aliphatic heterocycles. The summed E-state index contributed by atoms with van der Waals surface area (Å²) < 4.78 is 51.8. The van der Waals surface area contributed by atoms with Crippen molar-refractivity contribution in [3.63, 3.8) is 0 Å². The Morgan fingerprint density at radius 3 is 2.34 bits per heavy atom. The van der Waals surface area contributed by atoms with Gasteiger partial charge in [0.2, 0.25) is 5.91 Å². The van der Waals surface area contributed by atoms with E-state index in [0.717, 1.165) is 24.3 Å². The largest absolute Gasteiger partial charge is 0.466 e. The molecule has 1 aliphatic carbocycles. The molecule has 1 saturated carbocycles. The van der Waals surface area contributed by atoms with Crippen molar-refractivity contribution in [1.82, 2.24) is 0 Å². The number of nitrogens with zero attached hydrogens (tertiary/aromatic N) is 1. The second-order valence-electron chi connectivity index (χ2n) is 6.43. The number of ether oxygens (including phenoxy) is 1. The van der Waals surface area contributed by atoms with Gasteiger partial charge in [-0.05, 0) is 36.8 Å². The van der Waals surface area contributed by atoms with Crippen LogP contribution in [0, 0.1) is 22.6 Å². The van der Waals surface area contributed by atoms with Gasteiger partial charge in [0.1, 0.15) is 0 Å². The molecule has 1 N–H and O–H groups in total. The topological polar surface area (TPSA) is 79.2 Å². The fraction of sp³-hybridized carbons (Fsp3) is 0.286. The van der Waals surface area contributed by atoms with Crippen molar-refractivity contribution in [1.29, 1.82) is 5.26 Å². The maximum atomic E-state index is 13.0. The van der Waals surface area contributed by atoms with E-state index in [4.69, 9.17) is 6.11 Å². The van der Waals surface area contributed by atoms with E-state index in [1.165, 1.54) is 6.92 Å². The van der Waals surface area contributed by atoms with Crippen LogP contribution in [0.4, 0.5) is 18.9 Å². The molecule has 1 aliphatic rings. The first-order valence-electron chi connectivity index (χ1n) is 9.25. The number of amides is 1. The summed E-state index contributed by atoms with van der Waals surface area (Å²) in [6.07, 6.45) is -4.54. The summed E-state index contributed by atoms with van der Waals surface area (Å²) in [6.45, 7) is 1.50. The molecule has 2 aromatic rings. The lowest BCUT2D eigenvalue weighted by atomic mass is 9.99. The summed E-state index contributed by atoms with van der Waals surface area (Å²) in [4.78, 5) is 25.6. The van der Waals surface area contributed by atoms with Gasteiger partial charge in [-0.3, -0.25) is 9.59 Å². The van der Waals surface area contributed by atoms with Gasteiger partial charge in [-0.1, -0.05) is 30.3 Å². The molecular formula is C21H17F3N2O3. The van der Waals surface area contributed by atoms with Crippen LogP contribution in [0.1, 0.15) is 25.3 Å². The van der Waals surface area contributed by atoms with Crippen LogP contribution in [0.2, 0.25) is 0 Å². The number of rotatable bonds is 5. The fourth-order valence-electron chi connectivity index (χ4n) is 3.28. The number of halogens is 3. The molecule has 1 fully saturated rings. The Morgan fingerprint density at radius 2 is 1.83 bits per heavy atom. The number of benzene rings is 2. The highest BCUT2D eigenvalue weighted by Gasteiger charge is 2.75. The SMILES string of the molecule is [2H][C@]1(C(=O)OCC)[C@@H](c2ccccc2)[C@]1(C#N)C(=O)Nc1ccc(C(F)(F)F)cc1. The lowest BCUT2D eigenvalue weighted by Gasteiger charge is -2.12. The van der Waals surface area contributed by atoms with E-state index < -0.39 is 40.8 Å². The summed E-state index contributed by atoms with van der Waals surface area (Å²) in [5, 5.41) is 12.2. The van der Waals surface area contributed by atoms with Crippen molar-refractivity contribution in [3.8, 4) is 6.07 Å². The number of hydrogen-bond acceptors (Lipinski definition) is 4. The standard InChI is InChI=1S/C21H17F3N2O3/c1-2-29-18(27)17-16(13-6-4-3-5-7-13)20(17,12-25)19(28)26-15-10-8-14(9-11-15)21(22,23)24/h3-11,16-17H,2H2,1H3,(H,26,28)/t16-,17-,20+/m1/s1/i17D. The van der Waals surface area contributed by atoms with Crippen molar-refractivity contribution in [2.45, 2.75) is 19.0 Å². The number of alkyl halides is 3. The monoisotopic (exact) mass is 403 g/mol. The third-order valence-corrected chi connectivity index (χ3v) is 4.70. The molecule has 8 heteroatoms. The summed E-state index contributed by atoms with van der Waals surface area (Å²) in [7, 11) is 0. The second-order valence-corrected chi connectivity index (χ2v) is 6.43. The summed E-state index contributed by atoms with van der Waals surface area (Å²) in [5.74, 6) is -5.25. The van der Waals surface area contributed by atoms with Crippen molar-refractivity contribution in [3.05, 3.63) is 65.7 Å². The predicted molar refractivity (Wildman–Crippen MR) is 97.4 cm³/mol. The molecule has 0 bridgehead atoms. The van der Waals surface area contributed by atoms with E-state index in [9.17, 15) is 28.0 Å². The highest BCUT2D eigenvalue weighted by atomic mass is 19.4.